The van der Waals surface area contributed by atoms with E-state index in [1.807, 2.05) is 44.2 Å². The van der Waals surface area contributed by atoms with Crippen LogP contribution < -0.4 is 0 Å². The molecule has 4 fully saturated rings. The second-order valence-electron chi connectivity index (χ2n) is 14.8. The van der Waals surface area contributed by atoms with Crippen molar-refractivity contribution in [2.24, 2.45) is 17.3 Å². The van der Waals surface area contributed by atoms with Crippen LogP contribution >= 0.6 is 0 Å². The van der Waals surface area contributed by atoms with Crippen molar-refractivity contribution >= 4 is 27.7 Å². The fraction of sp³-hybridized carbons (Fsp3) is 0.583. The van der Waals surface area contributed by atoms with Crippen molar-refractivity contribution in [3.8, 4) is 0 Å². The zero-order chi connectivity index (χ0) is 35.4. The predicted molar refractivity (Wildman–Crippen MR) is 177 cm³/mol. The molecule has 1 aliphatic carbocycles. The van der Waals surface area contributed by atoms with Gasteiger partial charge in [0.25, 0.3) is 5.91 Å². The molecule has 266 valence electrons. The van der Waals surface area contributed by atoms with Gasteiger partial charge in [0.2, 0.25) is 5.91 Å². The number of rotatable bonds is 9. The molecule has 0 radical (unpaired) electrons. The summed E-state index contributed by atoms with van der Waals surface area (Å²) in [5.74, 6) is -1.17. The average molecular weight is 703 g/mol. The lowest BCUT2D eigenvalue weighted by atomic mass is 9.67. The molecule has 3 saturated heterocycles. The summed E-state index contributed by atoms with van der Waals surface area (Å²) < 4.78 is 66.2. The molecule has 9 nitrogen and oxygen atoms in total. The Morgan fingerprint density at radius 3 is 2.10 bits per heavy atom. The number of carbonyl (C=O) groups is 3. The first-order valence-electron chi connectivity index (χ1n) is 17.1. The van der Waals surface area contributed by atoms with Gasteiger partial charge in [-0.1, -0.05) is 62.7 Å². The number of imide groups is 1. The smallest absolute Gasteiger partial charge is 0.341 e. The molecule has 0 aromatic heterocycles. The van der Waals surface area contributed by atoms with Crippen LogP contribution in [0.1, 0.15) is 63.0 Å². The average Bonchev–Trinajstić information content (AvgIpc) is 3.51. The van der Waals surface area contributed by atoms with E-state index >= 15 is 0 Å². The first-order chi connectivity index (χ1) is 23.1. The largest absolute Gasteiger partial charge is 0.403 e. The van der Waals surface area contributed by atoms with Crippen LogP contribution in [0.25, 0.3) is 0 Å². The van der Waals surface area contributed by atoms with Crippen LogP contribution in [0, 0.1) is 17.3 Å². The molecule has 4 amide bonds. The Kier molecular flexibility index (Phi) is 9.40. The van der Waals surface area contributed by atoms with Crippen molar-refractivity contribution in [1.82, 2.24) is 19.6 Å². The first kappa shape index (κ1) is 35.4. The van der Waals surface area contributed by atoms with E-state index in [0.29, 0.717) is 51.0 Å². The van der Waals surface area contributed by atoms with Crippen LogP contribution in [0.4, 0.5) is 18.0 Å². The van der Waals surface area contributed by atoms with Gasteiger partial charge in [0, 0.05) is 51.4 Å². The van der Waals surface area contributed by atoms with E-state index in [-0.39, 0.29) is 67.1 Å². The molecule has 3 aliphatic heterocycles. The minimum absolute atomic E-state index is 0.0336. The monoisotopic (exact) mass is 702 g/mol. The number of hydrogen-bond acceptors (Lipinski definition) is 6. The van der Waals surface area contributed by atoms with E-state index in [1.54, 1.807) is 17.0 Å². The fourth-order valence-corrected chi connectivity index (χ4v) is 8.87. The maximum atomic E-state index is 14.1. The molecular formula is C36H45F3N4O5S. The Morgan fingerprint density at radius 2 is 1.57 bits per heavy atom. The van der Waals surface area contributed by atoms with Gasteiger partial charge < -0.3 is 14.7 Å². The van der Waals surface area contributed by atoms with Gasteiger partial charge in [-0.25, -0.2) is 13.2 Å². The summed E-state index contributed by atoms with van der Waals surface area (Å²) in [5, 5.41) is 0. The highest BCUT2D eigenvalue weighted by atomic mass is 32.2. The lowest BCUT2D eigenvalue weighted by Gasteiger charge is -2.44. The van der Waals surface area contributed by atoms with E-state index in [1.165, 1.54) is 21.9 Å². The van der Waals surface area contributed by atoms with Gasteiger partial charge in [-0.3, -0.25) is 14.5 Å². The maximum absolute atomic E-state index is 14.1. The van der Waals surface area contributed by atoms with Gasteiger partial charge in [-0.15, -0.1) is 0 Å². The van der Waals surface area contributed by atoms with Gasteiger partial charge in [-0.05, 0) is 60.8 Å². The van der Waals surface area contributed by atoms with Gasteiger partial charge in [0.1, 0.15) is 11.0 Å². The molecule has 0 N–H and O–H groups in total. The lowest BCUT2D eigenvalue weighted by molar-refractivity contribution is -0.248. The van der Waals surface area contributed by atoms with E-state index in [2.05, 4.69) is 4.90 Å². The zero-order valence-electron chi connectivity index (χ0n) is 28.3. The molecule has 13 heteroatoms. The molecule has 2 aromatic carbocycles. The Morgan fingerprint density at radius 1 is 0.939 bits per heavy atom. The Balaban J connectivity index is 1.18. The summed E-state index contributed by atoms with van der Waals surface area (Å²) in [7, 11) is -3.39. The third-order valence-electron chi connectivity index (χ3n) is 11.2. The van der Waals surface area contributed by atoms with Crippen LogP contribution in [0.15, 0.2) is 59.5 Å². The number of halogens is 3. The number of amides is 4. The number of piperidine rings is 1. The normalized spacial score (nSPS) is 24.3. The van der Waals surface area contributed by atoms with E-state index < -0.39 is 32.9 Å². The van der Waals surface area contributed by atoms with Gasteiger partial charge in [0.15, 0.2) is 9.84 Å². The standard InChI is InChI=1S/C36H45F3N4O5S/c1-25(2)20-43-33(46)42(21-26-10-12-29(13-11-26)49(3,47)48)32(45)35(43)16-18-40(19-17-35)22-28-23-41(24-30(28)27-8-5-4-6-9-27)31(44)34(14-7-15-34)36(37,38)39/h4-6,8-13,25,28,30H,7,14-24H2,1-3H3/t28-,30+/m0/s1. The number of carbonyl (C=O) groups excluding carboxylic acids is 3. The van der Waals surface area contributed by atoms with Gasteiger partial charge in [-0.2, -0.15) is 13.2 Å². The van der Waals surface area contributed by atoms with Crippen molar-refractivity contribution in [2.45, 2.75) is 75.0 Å². The summed E-state index contributed by atoms with van der Waals surface area (Å²) in [6, 6.07) is 15.5. The Bertz CT molecular complexity index is 1670. The summed E-state index contributed by atoms with van der Waals surface area (Å²) in [4.78, 5) is 48.2. The molecule has 2 atom stereocenters. The summed E-state index contributed by atoms with van der Waals surface area (Å²) in [5.41, 5.74) is -1.65. The highest BCUT2D eigenvalue weighted by Gasteiger charge is 2.65. The minimum Gasteiger partial charge on any atom is -0.341 e. The Labute approximate surface area is 286 Å². The molecule has 2 aromatic rings. The van der Waals surface area contributed by atoms with Crippen LogP contribution in [-0.4, -0.2) is 103 Å². The van der Waals surface area contributed by atoms with Crippen LogP contribution in [-0.2, 0) is 26.0 Å². The number of benzene rings is 2. The second kappa shape index (κ2) is 13.0. The van der Waals surface area contributed by atoms with Crippen LogP contribution in [0.2, 0.25) is 0 Å². The van der Waals surface area contributed by atoms with Crippen molar-refractivity contribution < 1.29 is 36.0 Å². The molecule has 0 unspecified atom stereocenters. The topological polar surface area (TPSA) is 98.3 Å². The summed E-state index contributed by atoms with van der Waals surface area (Å²) in [6.45, 7) is 6.50. The molecule has 0 bridgehead atoms. The van der Waals surface area contributed by atoms with Crippen LogP contribution in [0.3, 0.4) is 0 Å². The second-order valence-corrected chi connectivity index (χ2v) is 16.9. The number of likely N-dealkylation sites (tertiary alicyclic amines) is 2. The predicted octanol–water partition coefficient (Wildman–Crippen LogP) is 5.32. The minimum atomic E-state index is -4.58. The molecular weight excluding hydrogens is 657 g/mol. The number of sulfone groups is 1. The molecule has 4 aliphatic rings. The molecule has 1 spiro atoms. The number of alkyl halides is 3. The van der Waals surface area contributed by atoms with E-state index in [9.17, 15) is 36.0 Å². The van der Waals surface area contributed by atoms with E-state index in [0.717, 1.165) is 11.8 Å². The third-order valence-corrected chi connectivity index (χ3v) is 12.3. The molecule has 6 rings (SSSR count). The first-order valence-corrected chi connectivity index (χ1v) is 19.0. The van der Waals surface area contributed by atoms with Gasteiger partial charge >= 0.3 is 12.2 Å². The van der Waals surface area contributed by atoms with Crippen molar-refractivity contribution in [3.63, 3.8) is 0 Å². The lowest BCUT2D eigenvalue weighted by Crippen LogP contribution is -2.57. The molecule has 3 heterocycles. The van der Waals surface area contributed by atoms with Crippen molar-refractivity contribution in [2.75, 3.05) is 45.5 Å². The van der Waals surface area contributed by atoms with Crippen molar-refractivity contribution in [3.05, 3.63) is 65.7 Å². The molecule has 49 heavy (non-hydrogen) atoms. The fourth-order valence-electron chi connectivity index (χ4n) is 8.24. The highest BCUT2D eigenvalue weighted by molar-refractivity contribution is 7.90. The molecule has 1 saturated carbocycles. The number of urea groups is 1. The number of nitrogens with zero attached hydrogens (tertiary/aromatic N) is 4. The summed E-state index contributed by atoms with van der Waals surface area (Å²) in [6.07, 6.45) is -2.57. The highest BCUT2D eigenvalue weighted by Crippen LogP contribution is 2.55. The van der Waals surface area contributed by atoms with Crippen LogP contribution in [0.5, 0.6) is 0 Å². The summed E-state index contributed by atoms with van der Waals surface area (Å²) >= 11 is 0. The van der Waals surface area contributed by atoms with Gasteiger partial charge in [0.05, 0.1) is 11.4 Å². The Hall–Kier alpha value is -3.45. The third kappa shape index (κ3) is 6.48. The quantitative estimate of drug-likeness (QED) is 0.329. The van der Waals surface area contributed by atoms with E-state index in [4.69, 9.17) is 0 Å². The van der Waals surface area contributed by atoms with Crippen molar-refractivity contribution in [1.29, 1.82) is 0 Å². The SMILES string of the molecule is CC(C)CN1C(=O)N(Cc2ccc(S(C)(=O)=O)cc2)C(=O)C12CCN(C[C@H]1CN(C(=O)C3(C(F)(F)F)CCC3)C[C@@H]1c1ccccc1)CC2. The zero-order valence-corrected chi connectivity index (χ0v) is 29.1. The maximum Gasteiger partial charge on any atom is 0.403 e. The number of hydrogen-bond donors (Lipinski definition) is 0.